The quantitative estimate of drug-likeness (QED) is 0.536. The second kappa shape index (κ2) is 6.04. The van der Waals surface area contributed by atoms with Crippen molar-refractivity contribution in [2.24, 2.45) is 16.8 Å². The molecule has 0 aromatic rings. The first-order chi connectivity index (χ1) is 6.78. The molecule has 0 aliphatic rings. The maximum absolute atomic E-state index is 11.4. The Morgan fingerprint density at radius 3 is 2.40 bits per heavy atom. The Labute approximate surface area is 90.4 Å². The Kier molecular flexibility index (Phi) is 5.77. The Morgan fingerprint density at radius 2 is 2.00 bits per heavy atom. The zero-order valence-electron chi connectivity index (χ0n) is 9.06. The van der Waals surface area contributed by atoms with Crippen LogP contribution in [0.25, 0.3) is 0 Å². The minimum Gasteiger partial charge on any atom is -0.354 e. The van der Waals surface area contributed by atoms with Gasteiger partial charge in [-0.3, -0.25) is 4.79 Å². The van der Waals surface area contributed by atoms with Crippen molar-refractivity contribution in [1.29, 1.82) is 0 Å². The van der Waals surface area contributed by atoms with Gasteiger partial charge in [-0.25, -0.2) is 13.6 Å². The van der Waals surface area contributed by atoms with Crippen LogP contribution in [0.3, 0.4) is 0 Å². The number of nitrogens with two attached hydrogens (primary N) is 2. The molecule has 0 aromatic heterocycles. The highest BCUT2D eigenvalue weighted by atomic mass is 32.2. The Bertz CT molecular complexity index is 302. The largest absolute Gasteiger partial charge is 0.354 e. The van der Waals surface area contributed by atoms with Crippen LogP contribution in [0, 0.1) is 5.92 Å². The lowest BCUT2D eigenvalue weighted by Crippen LogP contribution is -2.46. The van der Waals surface area contributed by atoms with Crippen molar-refractivity contribution in [2.45, 2.75) is 26.3 Å². The lowest BCUT2D eigenvalue weighted by molar-refractivity contribution is -0.123. The van der Waals surface area contributed by atoms with Crippen LogP contribution in [0.15, 0.2) is 0 Å². The van der Waals surface area contributed by atoms with E-state index in [4.69, 9.17) is 10.9 Å². The molecule has 1 amide bonds. The summed E-state index contributed by atoms with van der Waals surface area (Å²) < 4.78 is 21.1. The van der Waals surface area contributed by atoms with Crippen LogP contribution >= 0.6 is 0 Å². The number of carbonyl (C=O) groups excluding carboxylic acids is 1. The van der Waals surface area contributed by atoms with Crippen LogP contribution in [0.2, 0.25) is 0 Å². The summed E-state index contributed by atoms with van der Waals surface area (Å²) in [5.74, 6) is -0.543. The molecule has 0 rings (SSSR count). The molecule has 5 N–H and O–H groups in total. The molecule has 0 aliphatic carbocycles. The topological polar surface area (TPSA) is 115 Å². The van der Waals surface area contributed by atoms with Crippen LogP contribution in [-0.2, 0) is 14.8 Å². The van der Waals surface area contributed by atoms with Gasteiger partial charge in [-0.2, -0.15) is 0 Å². The third-order valence-electron chi connectivity index (χ3n) is 2.25. The second-order valence-corrected chi connectivity index (χ2v) is 5.30. The van der Waals surface area contributed by atoms with Crippen molar-refractivity contribution in [3.05, 3.63) is 0 Å². The first kappa shape index (κ1) is 14.3. The lowest BCUT2D eigenvalue weighted by atomic mass is 9.99. The molecule has 0 aliphatic heterocycles. The van der Waals surface area contributed by atoms with E-state index in [-0.39, 0.29) is 24.1 Å². The number of rotatable bonds is 6. The van der Waals surface area contributed by atoms with Gasteiger partial charge in [-0.05, 0) is 5.92 Å². The van der Waals surface area contributed by atoms with E-state index in [1.54, 1.807) is 0 Å². The molecule has 90 valence electrons. The normalized spacial score (nSPS) is 15.7. The van der Waals surface area contributed by atoms with E-state index < -0.39 is 16.1 Å². The van der Waals surface area contributed by atoms with Gasteiger partial charge in [0, 0.05) is 6.54 Å². The number of sulfonamides is 1. The molecule has 6 nitrogen and oxygen atoms in total. The van der Waals surface area contributed by atoms with Crippen molar-refractivity contribution >= 4 is 15.9 Å². The van der Waals surface area contributed by atoms with Gasteiger partial charge in [0.1, 0.15) is 0 Å². The van der Waals surface area contributed by atoms with E-state index in [1.807, 2.05) is 13.8 Å². The number of hydrogen-bond donors (Lipinski definition) is 3. The summed E-state index contributed by atoms with van der Waals surface area (Å²) in [6.45, 7) is 3.80. The van der Waals surface area contributed by atoms with Crippen molar-refractivity contribution in [2.75, 3.05) is 12.3 Å². The average molecular weight is 237 g/mol. The number of amides is 1. The maximum Gasteiger partial charge on any atom is 0.237 e. The summed E-state index contributed by atoms with van der Waals surface area (Å²) >= 11 is 0. The van der Waals surface area contributed by atoms with Gasteiger partial charge >= 0.3 is 0 Å². The van der Waals surface area contributed by atoms with Gasteiger partial charge in [0.25, 0.3) is 0 Å². The summed E-state index contributed by atoms with van der Waals surface area (Å²) in [4.78, 5) is 11.4. The molecule has 0 aromatic carbocycles. The van der Waals surface area contributed by atoms with E-state index in [9.17, 15) is 13.2 Å². The highest BCUT2D eigenvalue weighted by molar-refractivity contribution is 7.89. The van der Waals surface area contributed by atoms with E-state index in [0.717, 1.165) is 6.42 Å². The first-order valence-electron chi connectivity index (χ1n) is 4.81. The standard InChI is InChI=1S/C8H19N3O3S/c1-3-6(2)7(9)8(12)11-4-5-15(10,13)14/h6-7H,3-5,9H2,1-2H3,(H,11,12)(H2,10,13,14)/t6-,7-/m0/s1. The van der Waals surface area contributed by atoms with Gasteiger partial charge in [0.15, 0.2) is 0 Å². The average Bonchev–Trinajstić information content (AvgIpc) is 2.13. The van der Waals surface area contributed by atoms with Crippen LogP contribution < -0.4 is 16.2 Å². The molecule has 2 atom stereocenters. The lowest BCUT2D eigenvalue weighted by Gasteiger charge is -2.17. The zero-order chi connectivity index (χ0) is 12.1. The molecule has 0 saturated carbocycles. The predicted octanol–water partition coefficient (Wildman–Crippen LogP) is -1.24. The minimum atomic E-state index is -3.53. The van der Waals surface area contributed by atoms with Gasteiger partial charge in [0.05, 0.1) is 11.8 Å². The number of nitrogens with one attached hydrogen (secondary N) is 1. The fourth-order valence-electron chi connectivity index (χ4n) is 0.947. The van der Waals surface area contributed by atoms with E-state index >= 15 is 0 Å². The molecular formula is C8H19N3O3S. The summed E-state index contributed by atoms with van der Waals surface area (Å²) in [6.07, 6.45) is 0.795. The SMILES string of the molecule is CC[C@H](C)[C@H](N)C(=O)NCCS(N)(=O)=O. The van der Waals surface area contributed by atoms with E-state index in [0.29, 0.717) is 0 Å². The molecule has 0 fully saturated rings. The molecule has 0 heterocycles. The Balaban J connectivity index is 3.94. The Hall–Kier alpha value is -0.660. The van der Waals surface area contributed by atoms with Crippen molar-refractivity contribution in [3.8, 4) is 0 Å². The summed E-state index contributed by atoms with van der Waals surface area (Å²) in [6, 6.07) is -0.601. The molecule has 0 saturated heterocycles. The summed E-state index contributed by atoms with van der Waals surface area (Å²) in [7, 11) is -3.53. The molecular weight excluding hydrogens is 218 g/mol. The third-order valence-corrected chi connectivity index (χ3v) is 3.02. The third kappa shape index (κ3) is 6.43. The van der Waals surface area contributed by atoms with Crippen molar-refractivity contribution in [3.63, 3.8) is 0 Å². The monoisotopic (exact) mass is 237 g/mol. The maximum atomic E-state index is 11.4. The number of primary sulfonamides is 1. The van der Waals surface area contributed by atoms with Crippen LogP contribution in [0.4, 0.5) is 0 Å². The molecule has 0 spiro atoms. The fourth-order valence-corrected chi connectivity index (χ4v) is 1.33. The molecule has 0 radical (unpaired) electrons. The highest BCUT2D eigenvalue weighted by Crippen LogP contribution is 2.04. The zero-order valence-corrected chi connectivity index (χ0v) is 9.88. The van der Waals surface area contributed by atoms with Gasteiger partial charge in [-0.15, -0.1) is 0 Å². The summed E-state index contributed by atoms with van der Waals surface area (Å²) in [5.41, 5.74) is 5.63. The van der Waals surface area contributed by atoms with Crippen LogP contribution in [0.1, 0.15) is 20.3 Å². The minimum absolute atomic E-state index is 0.00179. The van der Waals surface area contributed by atoms with Gasteiger partial charge < -0.3 is 11.1 Å². The fraction of sp³-hybridized carbons (Fsp3) is 0.875. The van der Waals surface area contributed by atoms with Gasteiger partial charge in [0.2, 0.25) is 15.9 Å². The first-order valence-corrected chi connectivity index (χ1v) is 6.53. The molecule has 15 heavy (non-hydrogen) atoms. The molecule has 7 heteroatoms. The van der Waals surface area contributed by atoms with Crippen molar-refractivity contribution < 1.29 is 13.2 Å². The van der Waals surface area contributed by atoms with Gasteiger partial charge in [-0.1, -0.05) is 20.3 Å². The smallest absolute Gasteiger partial charge is 0.237 e. The number of carbonyl (C=O) groups is 1. The van der Waals surface area contributed by atoms with E-state index in [1.165, 1.54) is 0 Å². The molecule has 0 bridgehead atoms. The van der Waals surface area contributed by atoms with Crippen molar-refractivity contribution in [1.82, 2.24) is 5.32 Å². The van der Waals surface area contributed by atoms with Crippen LogP contribution in [0.5, 0.6) is 0 Å². The predicted molar refractivity (Wildman–Crippen MR) is 58.4 cm³/mol. The Morgan fingerprint density at radius 1 is 1.47 bits per heavy atom. The number of hydrogen-bond acceptors (Lipinski definition) is 4. The summed E-state index contributed by atoms with van der Waals surface area (Å²) in [5, 5.41) is 7.20. The highest BCUT2D eigenvalue weighted by Gasteiger charge is 2.19. The van der Waals surface area contributed by atoms with E-state index in [2.05, 4.69) is 5.32 Å². The second-order valence-electron chi connectivity index (χ2n) is 3.57. The van der Waals surface area contributed by atoms with Crippen LogP contribution in [-0.4, -0.2) is 32.7 Å². The molecule has 0 unspecified atom stereocenters.